The van der Waals surface area contributed by atoms with Crippen LogP contribution < -0.4 is 5.32 Å². The molecule has 16 heavy (non-hydrogen) atoms. The van der Waals surface area contributed by atoms with Crippen LogP contribution in [0, 0.1) is 21.4 Å². The fourth-order valence-corrected chi connectivity index (χ4v) is 1.35. The van der Waals surface area contributed by atoms with Gasteiger partial charge in [0.2, 0.25) is 0 Å². The van der Waals surface area contributed by atoms with Gasteiger partial charge in [-0.05, 0) is 12.5 Å². The van der Waals surface area contributed by atoms with Crippen LogP contribution in [0.15, 0.2) is 24.3 Å². The summed E-state index contributed by atoms with van der Waals surface area (Å²) in [4.78, 5) is 10.0. The Morgan fingerprint density at radius 3 is 2.62 bits per heavy atom. The molecule has 0 saturated carbocycles. The highest BCUT2D eigenvalue weighted by Crippen LogP contribution is 2.17. The van der Waals surface area contributed by atoms with Crippen molar-refractivity contribution in [1.29, 1.82) is 5.26 Å². The van der Waals surface area contributed by atoms with Crippen LogP contribution in [0.1, 0.15) is 24.9 Å². The molecule has 0 amide bonds. The number of hydrogen-bond acceptors (Lipinski definition) is 4. The van der Waals surface area contributed by atoms with E-state index in [9.17, 15) is 10.1 Å². The van der Waals surface area contributed by atoms with Crippen molar-refractivity contribution >= 4 is 5.69 Å². The van der Waals surface area contributed by atoms with Crippen molar-refractivity contribution in [2.45, 2.75) is 19.4 Å². The van der Waals surface area contributed by atoms with Gasteiger partial charge in [-0.2, -0.15) is 5.26 Å². The highest BCUT2D eigenvalue weighted by Gasteiger charge is 2.07. The highest BCUT2D eigenvalue weighted by atomic mass is 16.6. The van der Waals surface area contributed by atoms with Crippen LogP contribution in [-0.4, -0.2) is 11.5 Å². The van der Waals surface area contributed by atoms with E-state index in [2.05, 4.69) is 5.32 Å². The smallest absolute Gasteiger partial charge is 0.269 e. The van der Waals surface area contributed by atoms with Gasteiger partial charge in [0, 0.05) is 31.1 Å². The number of hydrogen-bond donors (Lipinski definition) is 1. The van der Waals surface area contributed by atoms with Crippen LogP contribution >= 0.6 is 0 Å². The molecule has 1 aromatic rings. The van der Waals surface area contributed by atoms with E-state index in [1.807, 2.05) is 13.0 Å². The molecule has 0 saturated heterocycles. The predicted octanol–water partition coefficient (Wildman–Crippen LogP) is 2.16. The second-order valence-corrected chi connectivity index (χ2v) is 3.43. The Labute approximate surface area is 93.9 Å². The van der Waals surface area contributed by atoms with Crippen molar-refractivity contribution in [3.05, 3.63) is 39.9 Å². The quantitative estimate of drug-likeness (QED) is 0.467. The van der Waals surface area contributed by atoms with Gasteiger partial charge in [0.05, 0.1) is 11.0 Å². The van der Waals surface area contributed by atoms with Crippen LogP contribution in [0.5, 0.6) is 0 Å². The van der Waals surface area contributed by atoms with E-state index >= 15 is 0 Å². The Bertz CT molecular complexity index is 395. The average Bonchev–Trinajstić information content (AvgIpc) is 2.29. The molecular formula is C11H13N3O2. The standard InChI is InChI=1S/C11H13N3O2/c1-9(13-8-2-7-12)10-3-5-11(6-4-10)14(15)16/h3-6,9,13H,2,8H2,1H3. The zero-order chi connectivity index (χ0) is 12.0. The van der Waals surface area contributed by atoms with Gasteiger partial charge < -0.3 is 5.32 Å². The molecule has 5 nitrogen and oxygen atoms in total. The van der Waals surface area contributed by atoms with E-state index in [-0.39, 0.29) is 11.7 Å². The fourth-order valence-electron chi connectivity index (χ4n) is 1.35. The Balaban J connectivity index is 2.60. The molecule has 1 rings (SSSR count). The lowest BCUT2D eigenvalue weighted by Gasteiger charge is -2.12. The maximum atomic E-state index is 10.4. The molecule has 0 fully saturated rings. The van der Waals surface area contributed by atoms with Crippen LogP contribution in [-0.2, 0) is 0 Å². The van der Waals surface area contributed by atoms with Gasteiger partial charge in [-0.25, -0.2) is 0 Å². The Morgan fingerprint density at radius 1 is 1.50 bits per heavy atom. The summed E-state index contributed by atoms with van der Waals surface area (Å²) in [5.74, 6) is 0. The SMILES string of the molecule is CC(NCCC#N)c1ccc([N+](=O)[O-])cc1. The molecule has 0 aromatic heterocycles. The van der Waals surface area contributed by atoms with Crippen LogP contribution in [0.2, 0.25) is 0 Å². The average molecular weight is 219 g/mol. The number of nitrogens with one attached hydrogen (secondary N) is 1. The van der Waals surface area contributed by atoms with Gasteiger partial charge in [0.25, 0.3) is 5.69 Å². The monoisotopic (exact) mass is 219 g/mol. The molecule has 0 aliphatic carbocycles. The van der Waals surface area contributed by atoms with E-state index in [0.717, 1.165) is 5.56 Å². The van der Waals surface area contributed by atoms with Gasteiger partial charge in [-0.1, -0.05) is 12.1 Å². The summed E-state index contributed by atoms with van der Waals surface area (Å²) in [6.07, 6.45) is 0.456. The molecule has 0 heterocycles. The minimum Gasteiger partial charge on any atom is -0.309 e. The molecule has 84 valence electrons. The third-order valence-electron chi connectivity index (χ3n) is 2.29. The van der Waals surface area contributed by atoms with Crippen molar-refractivity contribution in [2.24, 2.45) is 0 Å². The van der Waals surface area contributed by atoms with E-state index in [4.69, 9.17) is 5.26 Å². The zero-order valence-electron chi connectivity index (χ0n) is 9.01. The normalized spacial score (nSPS) is 11.8. The molecule has 0 radical (unpaired) electrons. The van der Waals surface area contributed by atoms with E-state index in [1.165, 1.54) is 12.1 Å². The number of rotatable bonds is 5. The minimum atomic E-state index is -0.419. The third-order valence-corrected chi connectivity index (χ3v) is 2.29. The maximum Gasteiger partial charge on any atom is 0.269 e. The molecule has 1 aromatic carbocycles. The summed E-state index contributed by atoms with van der Waals surface area (Å²) in [7, 11) is 0. The third kappa shape index (κ3) is 3.33. The van der Waals surface area contributed by atoms with Gasteiger partial charge >= 0.3 is 0 Å². The summed E-state index contributed by atoms with van der Waals surface area (Å²) < 4.78 is 0. The van der Waals surface area contributed by atoms with Crippen molar-refractivity contribution < 1.29 is 4.92 Å². The van der Waals surface area contributed by atoms with Crippen molar-refractivity contribution in [3.8, 4) is 6.07 Å². The van der Waals surface area contributed by atoms with E-state index in [0.29, 0.717) is 13.0 Å². The van der Waals surface area contributed by atoms with Gasteiger partial charge in [-0.3, -0.25) is 10.1 Å². The molecule has 1 atom stereocenters. The molecule has 1 unspecified atom stereocenters. The number of nitrogens with zero attached hydrogens (tertiary/aromatic N) is 2. The lowest BCUT2D eigenvalue weighted by atomic mass is 10.1. The molecule has 5 heteroatoms. The second-order valence-electron chi connectivity index (χ2n) is 3.43. The lowest BCUT2D eigenvalue weighted by Crippen LogP contribution is -2.19. The maximum absolute atomic E-state index is 10.4. The molecule has 1 N–H and O–H groups in total. The first kappa shape index (κ1) is 12.1. The lowest BCUT2D eigenvalue weighted by molar-refractivity contribution is -0.384. The number of benzene rings is 1. The Kier molecular flexibility index (Phi) is 4.42. The number of nitriles is 1. The zero-order valence-corrected chi connectivity index (χ0v) is 9.01. The van der Waals surface area contributed by atoms with Crippen LogP contribution in [0.25, 0.3) is 0 Å². The first-order chi connectivity index (χ1) is 7.65. The van der Waals surface area contributed by atoms with Gasteiger partial charge in [0.15, 0.2) is 0 Å². The molecule has 0 aliphatic heterocycles. The summed E-state index contributed by atoms with van der Waals surface area (Å²) in [6.45, 7) is 2.58. The largest absolute Gasteiger partial charge is 0.309 e. The van der Waals surface area contributed by atoms with Crippen LogP contribution in [0.3, 0.4) is 0 Å². The number of nitro groups is 1. The van der Waals surface area contributed by atoms with Gasteiger partial charge in [-0.15, -0.1) is 0 Å². The Hall–Kier alpha value is -1.93. The van der Waals surface area contributed by atoms with Gasteiger partial charge in [0.1, 0.15) is 0 Å². The van der Waals surface area contributed by atoms with Crippen molar-refractivity contribution in [2.75, 3.05) is 6.54 Å². The summed E-state index contributed by atoms with van der Waals surface area (Å²) in [6, 6.07) is 8.56. The summed E-state index contributed by atoms with van der Waals surface area (Å²) in [5.41, 5.74) is 1.07. The van der Waals surface area contributed by atoms with Crippen LogP contribution in [0.4, 0.5) is 5.69 Å². The summed E-state index contributed by atoms with van der Waals surface area (Å²) in [5, 5.41) is 22.0. The van der Waals surface area contributed by atoms with Crippen molar-refractivity contribution in [3.63, 3.8) is 0 Å². The summed E-state index contributed by atoms with van der Waals surface area (Å²) >= 11 is 0. The van der Waals surface area contributed by atoms with E-state index in [1.54, 1.807) is 12.1 Å². The number of nitro benzene ring substituents is 1. The minimum absolute atomic E-state index is 0.0907. The first-order valence-electron chi connectivity index (χ1n) is 5.00. The fraction of sp³-hybridized carbons (Fsp3) is 0.364. The van der Waals surface area contributed by atoms with E-state index < -0.39 is 4.92 Å². The first-order valence-corrected chi connectivity index (χ1v) is 5.00. The topological polar surface area (TPSA) is 79.0 Å². The molecule has 0 spiro atoms. The molecule has 0 bridgehead atoms. The van der Waals surface area contributed by atoms with Crippen molar-refractivity contribution in [1.82, 2.24) is 5.32 Å². The molecule has 0 aliphatic rings. The number of non-ortho nitro benzene ring substituents is 1. The second kappa shape index (κ2) is 5.83. The predicted molar refractivity (Wildman–Crippen MR) is 59.7 cm³/mol. The Morgan fingerprint density at radius 2 is 2.12 bits per heavy atom. The highest BCUT2D eigenvalue weighted by molar-refractivity contribution is 5.33. The molecular weight excluding hydrogens is 206 g/mol.